The van der Waals surface area contributed by atoms with Crippen molar-refractivity contribution in [3.8, 4) is 11.5 Å². The number of rotatable bonds is 2. The van der Waals surface area contributed by atoms with Gasteiger partial charge in [0.15, 0.2) is 0 Å². The van der Waals surface area contributed by atoms with Crippen molar-refractivity contribution in [1.82, 2.24) is 0 Å². The first-order valence-corrected chi connectivity index (χ1v) is 6.16. The largest absolute Gasteiger partial charge is 0.426 e. The van der Waals surface area contributed by atoms with Gasteiger partial charge in [-0.2, -0.15) is 0 Å². The normalized spacial score (nSPS) is 12.8. The highest BCUT2D eigenvalue weighted by molar-refractivity contribution is 5.73. The average molecular weight is 260 g/mol. The van der Waals surface area contributed by atoms with E-state index in [-0.39, 0.29) is 11.9 Å². The third kappa shape index (κ3) is 2.84. The molecule has 0 heterocycles. The molecule has 0 spiro atoms. The number of hydrogen-bond donors (Lipinski definition) is 0. The highest BCUT2D eigenvalue weighted by Crippen LogP contribution is 2.37. The fourth-order valence-corrected chi connectivity index (χ4v) is 2.25. The van der Waals surface area contributed by atoms with Crippen LogP contribution in [0.15, 0.2) is 18.2 Å². The zero-order chi connectivity index (χ0) is 14.0. The minimum absolute atomic E-state index is 0.347. The Morgan fingerprint density at radius 1 is 1.00 bits per heavy atom. The summed E-state index contributed by atoms with van der Waals surface area (Å²) in [5, 5.41) is 0. The van der Waals surface area contributed by atoms with Crippen LogP contribution in [0.3, 0.4) is 0 Å². The molecule has 0 aromatic heterocycles. The van der Waals surface area contributed by atoms with Gasteiger partial charge in [-0.1, -0.05) is 12.2 Å². The summed E-state index contributed by atoms with van der Waals surface area (Å²) >= 11 is 0. The summed E-state index contributed by atoms with van der Waals surface area (Å²) in [6, 6.07) is 1.75. The summed E-state index contributed by atoms with van der Waals surface area (Å²) in [5.74, 6) is 0.444. The third-order valence-corrected chi connectivity index (χ3v) is 2.95. The summed E-state index contributed by atoms with van der Waals surface area (Å²) in [7, 11) is 0. The van der Waals surface area contributed by atoms with Gasteiger partial charge in [0, 0.05) is 25.0 Å². The van der Waals surface area contributed by atoms with Crippen LogP contribution in [0.2, 0.25) is 0 Å². The van der Waals surface area contributed by atoms with E-state index in [9.17, 15) is 9.59 Å². The van der Waals surface area contributed by atoms with Crippen LogP contribution in [0.5, 0.6) is 11.5 Å². The highest BCUT2D eigenvalue weighted by Gasteiger charge is 2.20. The summed E-state index contributed by atoms with van der Waals surface area (Å²) in [4.78, 5) is 22.3. The molecule has 1 aromatic rings. The van der Waals surface area contributed by atoms with Crippen LogP contribution >= 0.6 is 0 Å². The molecular formula is C15H16O4. The molecule has 0 unspecified atom stereocenters. The Morgan fingerprint density at radius 3 is 2.16 bits per heavy atom. The number of ether oxygens (including phenoxy) is 2. The molecule has 1 aliphatic carbocycles. The molecule has 4 heteroatoms. The van der Waals surface area contributed by atoms with Gasteiger partial charge in [-0.25, -0.2) is 0 Å². The first-order valence-electron chi connectivity index (χ1n) is 6.16. The monoisotopic (exact) mass is 260 g/mol. The number of carbonyl (C=O) groups is 2. The fourth-order valence-electron chi connectivity index (χ4n) is 2.25. The van der Waals surface area contributed by atoms with Crippen LogP contribution in [0, 0.1) is 6.92 Å². The number of esters is 2. The molecule has 100 valence electrons. The van der Waals surface area contributed by atoms with Gasteiger partial charge in [0.05, 0.1) is 0 Å². The van der Waals surface area contributed by atoms with E-state index in [1.165, 1.54) is 13.8 Å². The van der Waals surface area contributed by atoms with Gasteiger partial charge in [0.25, 0.3) is 0 Å². The number of aryl methyl sites for hydroxylation is 1. The molecule has 0 bridgehead atoms. The van der Waals surface area contributed by atoms with Gasteiger partial charge in [-0.15, -0.1) is 0 Å². The topological polar surface area (TPSA) is 52.6 Å². The predicted octanol–water partition coefficient (Wildman–Crippen LogP) is 2.50. The summed E-state index contributed by atoms with van der Waals surface area (Å²) < 4.78 is 10.5. The standard InChI is InChI=1S/C15H16O4/c1-9-8-14(18-10(2)16)12-6-4-5-7-13(12)15(9)19-11(3)17/h4-5,8H,6-7H2,1-3H3. The molecule has 19 heavy (non-hydrogen) atoms. The Hall–Kier alpha value is -2.10. The zero-order valence-corrected chi connectivity index (χ0v) is 11.3. The maximum atomic E-state index is 11.2. The fraction of sp³-hybridized carbons (Fsp3) is 0.333. The van der Waals surface area contributed by atoms with Crippen LogP contribution < -0.4 is 9.47 Å². The van der Waals surface area contributed by atoms with Gasteiger partial charge in [-0.05, 0) is 31.4 Å². The lowest BCUT2D eigenvalue weighted by Gasteiger charge is -2.20. The van der Waals surface area contributed by atoms with Crippen LogP contribution in [0.25, 0.3) is 0 Å². The SMILES string of the molecule is CC(=O)Oc1cc(C)c(OC(C)=O)c2c1CC=CC2. The van der Waals surface area contributed by atoms with E-state index >= 15 is 0 Å². The molecule has 2 rings (SSSR count). The van der Waals surface area contributed by atoms with E-state index in [0.29, 0.717) is 24.3 Å². The number of fused-ring (bicyclic) bond motifs is 1. The Balaban J connectivity index is 2.54. The van der Waals surface area contributed by atoms with Crippen molar-refractivity contribution in [1.29, 1.82) is 0 Å². The van der Waals surface area contributed by atoms with Crippen LogP contribution in [-0.4, -0.2) is 11.9 Å². The predicted molar refractivity (Wildman–Crippen MR) is 70.3 cm³/mol. The average Bonchev–Trinajstić information content (AvgIpc) is 2.33. The van der Waals surface area contributed by atoms with E-state index in [2.05, 4.69) is 0 Å². The third-order valence-electron chi connectivity index (χ3n) is 2.95. The number of benzene rings is 1. The molecule has 1 aromatic carbocycles. The van der Waals surface area contributed by atoms with Gasteiger partial charge in [0.1, 0.15) is 11.5 Å². The van der Waals surface area contributed by atoms with Gasteiger partial charge >= 0.3 is 11.9 Å². The molecule has 0 saturated carbocycles. The van der Waals surface area contributed by atoms with Crippen molar-refractivity contribution in [3.05, 3.63) is 34.9 Å². The molecular weight excluding hydrogens is 244 g/mol. The summed E-state index contributed by atoms with van der Waals surface area (Å²) in [6.45, 7) is 4.59. The zero-order valence-electron chi connectivity index (χ0n) is 11.3. The molecule has 0 aliphatic heterocycles. The molecule has 1 aliphatic rings. The Bertz CT molecular complexity index is 570. The van der Waals surface area contributed by atoms with Gasteiger partial charge < -0.3 is 9.47 Å². The molecule has 0 atom stereocenters. The Kier molecular flexibility index (Phi) is 3.69. The lowest BCUT2D eigenvalue weighted by Crippen LogP contribution is -2.12. The lowest BCUT2D eigenvalue weighted by molar-refractivity contribution is -0.133. The first kappa shape index (κ1) is 13.3. The minimum atomic E-state index is -0.351. The maximum Gasteiger partial charge on any atom is 0.308 e. The number of hydrogen-bond acceptors (Lipinski definition) is 4. The minimum Gasteiger partial charge on any atom is -0.426 e. The van der Waals surface area contributed by atoms with Crippen molar-refractivity contribution in [2.45, 2.75) is 33.6 Å². The second-order valence-corrected chi connectivity index (χ2v) is 4.54. The summed E-state index contributed by atoms with van der Waals surface area (Å²) in [6.07, 6.45) is 5.38. The molecule has 0 amide bonds. The lowest BCUT2D eigenvalue weighted by atomic mass is 9.92. The number of allylic oxidation sites excluding steroid dienone is 2. The van der Waals surface area contributed by atoms with Crippen LogP contribution in [-0.2, 0) is 22.4 Å². The summed E-state index contributed by atoms with van der Waals surface area (Å²) in [5.41, 5.74) is 2.63. The molecule has 0 fully saturated rings. The van der Waals surface area contributed by atoms with Crippen LogP contribution in [0.4, 0.5) is 0 Å². The van der Waals surface area contributed by atoms with Crippen LogP contribution in [0.1, 0.15) is 30.5 Å². The van der Waals surface area contributed by atoms with E-state index < -0.39 is 0 Å². The van der Waals surface area contributed by atoms with E-state index in [1.807, 2.05) is 19.1 Å². The Labute approximate surface area is 112 Å². The second-order valence-electron chi connectivity index (χ2n) is 4.54. The van der Waals surface area contributed by atoms with Gasteiger partial charge in [-0.3, -0.25) is 9.59 Å². The van der Waals surface area contributed by atoms with E-state index in [4.69, 9.17) is 9.47 Å². The maximum absolute atomic E-state index is 11.2. The molecule has 4 nitrogen and oxygen atoms in total. The van der Waals surface area contributed by atoms with E-state index in [0.717, 1.165) is 16.7 Å². The number of carbonyl (C=O) groups excluding carboxylic acids is 2. The van der Waals surface area contributed by atoms with Crippen molar-refractivity contribution in [2.75, 3.05) is 0 Å². The Morgan fingerprint density at radius 2 is 1.58 bits per heavy atom. The molecule has 0 radical (unpaired) electrons. The quantitative estimate of drug-likeness (QED) is 0.466. The van der Waals surface area contributed by atoms with Crippen molar-refractivity contribution >= 4 is 11.9 Å². The molecule has 0 N–H and O–H groups in total. The van der Waals surface area contributed by atoms with Crippen molar-refractivity contribution in [2.24, 2.45) is 0 Å². The van der Waals surface area contributed by atoms with Crippen molar-refractivity contribution < 1.29 is 19.1 Å². The second kappa shape index (κ2) is 5.26. The van der Waals surface area contributed by atoms with Crippen molar-refractivity contribution in [3.63, 3.8) is 0 Å². The van der Waals surface area contributed by atoms with Gasteiger partial charge in [0.2, 0.25) is 0 Å². The first-order chi connectivity index (χ1) is 8.99. The molecule has 0 saturated heterocycles. The van der Waals surface area contributed by atoms with E-state index in [1.54, 1.807) is 6.07 Å². The smallest absolute Gasteiger partial charge is 0.308 e. The highest BCUT2D eigenvalue weighted by atomic mass is 16.5.